The Labute approximate surface area is 129 Å². The molecule has 1 aromatic carbocycles. The second kappa shape index (κ2) is 5.02. The molecule has 1 aliphatic rings. The van der Waals surface area contributed by atoms with Crippen LogP contribution < -0.4 is 0 Å². The van der Waals surface area contributed by atoms with Crippen LogP contribution in [0, 0.1) is 5.82 Å². The predicted molar refractivity (Wildman–Crippen MR) is 81.5 cm³/mol. The average Bonchev–Trinajstić information content (AvgIpc) is 2.52. The van der Waals surface area contributed by atoms with Crippen LogP contribution in [0.2, 0.25) is 10.0 Å². The van der Waals surface area contributed by atoms with Gasteiger partial charge in [0.2, 0.25) is 0 Å². The molecular weight excluding hydrogens is 301 g/mol. The maximum Gasteiger partial charge on any atom is 0.494 e. The summed E-state index contributed by atoms with van der Waals surface area (Å²) in [7, 11) is -0.668. The van der Waals surface area contributed by atoms with Crippen LogP contribution in [-0.4, -0.2) is 18.3 Å². The largest absolute Gasteiger partial charge is 0.494 e. The Kier molecular flexibility index (Phi) is 3.98. The zero-order chi connectivity index (χ0) is 15.3. The van der Waals surface area contributed by atoms with Gasteiger partial charge in [-0.25, -0.2) is 4.39 Å². The van der Waals surface area contributed by atoms with Crippen LogP contribution in [0.25, 0.3) is 5.47 Å². The van der Waals surface area contributed by atoms with E-state index in [9.17, 15) is 4.39 Å². The molecule has 0 saturated carbocycles. The molecule has 2 rings (SSSR count). The fourth-order valence-corrected chi connectivity index (χ4v) is 2.39. The molecule has 0 N–H and O–H groups in total. The number of benzene rings is 1. The summed E-state index contributed by atoms with van der Waals surface area (Å²) < 4.78 is 25.3. The van der Waals surface area contributed by atoms with Crippen molar-refractivity contribution in [2.75, 3.05) is 0 Å². The van der Waals surface area contributed by atoms with E-state index < -0.39 is 24.1 Å². The molecule has 6 heteroatoms. The minimum atomic E-state index is -0.668. The van der Waals surface area contributed by atoms with Crippen molar-refractivity contribution in [3.05, 3.63) is 40.1 Å². The zero-order valence-corrected chi connectivity index (χ0v) is 13.4. The summed E-state index contributed by atoms with van der Waals surface area (Å²) in [4.78, 5) is 0. The Bertz CT molecular complexity index is 557. The summed E-state index contributed by atoms with van der Waals surface area (Å²) in [6.45, 7) is 11.7. The first-order valence-electron chi connectivity index (χ1n) is 6.24. The van der Waals surface area contributed by atoms with Crippen molar-refractivity contribution < 1.29 is 13.7 Å². The molecule has 0 aliphatic carbocycles. The summed E-state index contributed by atoms with van der Waals surface area (Å²) in [5, 5.41) is 0.289. The van der Waals surface area contributed by atoms with E-state index in [0.717, 1.165) is 0 Å². The van der Waals surface area contributed by atoms with Crippen LogP contribution in [0.3, 0.4) is 0 Å². The van der Waals surface area contributed by atoms with Gasteiger partial charge in [0.05, 0.1) is 16.2 Å². The summed E-state index contributed by atoms with van der Waals surface area (Å²) in [5.74, 6) is -0.552. The van der Waals surface area contributed by atoms with Gasteiger partial charge >= 0.3 is 7.12 Å². The summed E-state index contributed by atoms with van der Waals surface area (Å²) in [6, 6.07) is 2.60. The fourth-order valence-electron chi connectivity index (χ4n) is 1.88. The molecule has 1 saturated heterocycles. The molecule has 108 valence electrons. The molecule has 0 atom stereocenters. The lowest BCUT2D eigenvalue weighted by Crippen LogP contribution is -2.41. The van der Waals surface area contributed by atoms with Gasteiger partial charge in [0.15, 0.2) is 0 Å². The molecule has 1 heterocycles. The van der Waals surface area contributed by atoms with E-state index in [0.29, 0.717) is 16.1 Å². The molecule has 20 heavy (non-hydrogen) atoms. The second-order valence-corrected chi connectivity index (χ2v) is 6.67. The highest BCUT2D eigenvalue weighted by atomic mass is 35.5. The van der Waals surface area contributed by atoms with E-state index in [2.05, 4.69) is 6.58 Å². The Morgan fingerprint density at radius 3 is 2.10 bits per heavy atom. The van der Waals surface area contributed by atoms with Crippen LogP contribution >= 0.6 is 23.2 Å². The first-order valence-corrected chi connectivity index (χ1v) is 7.00. The standard InChI is InChI=1S/C14H16BCl2FO2/c1-8(9-6-12(18)11(17)7-10(9)16)15-19-13(2,3)14(4,5)20-15/h6-7H,1H2,2-5H3. The van der Waals surface area contributed by atoms with Crippen molar-refractivity contribution in [1.82, 2.24) is 0 Å². The smallest absolute Gasteiger partial charge is 0.399 e. The minimum Gasteiger partial charge on any atom is -0.399 e. The number of rotatable bonds is 2. The topological polar surface area (TPSA) is 18.5 Å². The minimum absolute atomic E-state index is 0.0273. The SMILES string of the molecule is C=C(B1OC(C)(C)C(C)(C)O1)c1cc(F)c(Cl)cc1Cl. The van der Waals surface area contributed by atoms with Crippen molar-refractivity contribution in [3.63, 3.8) is 0 Å². The Hall–Kier alpha value is -0.545. The van der Waals surface area contributed by atoms with Crippen LogP contribution in [-0.2, 0) is 9.31 Å². The van der Waals surface area contributed by atoms with E-state index >= 15 is 0 Å². The van der Waals surface area contributed by atoms with Gasteiger partial charge in [0, 0.05) is 5.02 Å². The van der Waals surface area contributed by atoms with Gasteiger partial charge < -0.3 is 9.31 Å². The molecule has 1 fully saturated rings. The lowest BCUT2D eigenvalue weighted by Gasteiger charge is -2.32. The monoisotopic (exact) mass is 316 g/mol. The van der Waals surface area contributed by atoms with Crippen molar-refractivity contribution in [2.45, 2.75) is 38.9 Å². The van der Waals surface area contributed by atoms with Gasteiger partial charge in [-0.3, -0.25) is 0 Å². The molecule has 0 radical (unpaired) electrons. The van der Waals surface area contributed by atoms with Crippen LogP contribution in [0.4, 0.5) is 4.39 Å². The third-order valence-electron chi connectivity index (χ3n) is 3.89. The fraction of sp³-hybridized carbons (Fsp3) is 0.429. The Balaban J connectivity index is 2.33. The summed E-state index contributed by atoms with van der Waals surface area (Å²) >= 11 is 11.8. The maximum atomic E-state index is 13.6. The number of hydrogen-bond donors (Lipinski definition) is 0. The first kappa shape index (κ1) is 15.8. The van der Waals surface area contributed by atoms with Crippen molar-refractivity contribution in [3.8, 4) is 0 Å². The number of halogens is 3. The van der Waals surface area contributed by atoms with Crippen LogP contribution in [0.5, 0.6) is 0 Å². The first-order chi connectivity index (χ1) is 9.05. The van der Waals surface area contributed by atoms with Gasteiger partial charge in [-0.05, 0) is 50.9 Å². The van der Waals surface area contributed by atoms with Crippen molar-refractivity contribution in [2.24, 2.45) is 0 Å². The zero-order valence-electron chi connectivity index (χ0n) is 11.9. The molecule has 0 bridgehead atoms. The molecule has 1 aromatic rings. The maximum absolute atomic E-state index is 13.6. The van der Waals surface area contributed by atoms with Gasteiger partial charge in [0.25, 0.3) is 0 Å². The van der Waals surface area contributed by atoms with Gasteiger partial charge in [-0.15, -0.1) is 0 Å². The van der Waals surface area contributed by atoms with Crippen LogP contribution in [0.15, 0.2) is 18.7 Å². The third-order valence-corrected chi connectivity index (χ3v) is 4.50. The lowest BCUT2D eigenvalue weighted by atomic mass is 9.75. The molecule has 0 spiro atoms. The number of hydrogen-bond acceptors (Lipinski definition) is 2. The van der Waals surface area contributed by atoms with E-state index in [1.54, 1.807) is 0 Å². The van der Waals surface area contributed by atoms with E-state index in [1.165, 1.54) is 12.1 Å². The third kappa shape index (κ3) is 2.62. The highest BCUT2D eigenvalue weighted by molar-refractivity contribution is 6.69. The molecule has 1 aliphatic heterocycles. The second-order valence-electron chi connectivity index (χ2n) is 5.86. The van der Waals surface area contributed by atoms with Crippen LogP contribution in [0.1, 0.15) is 33.3 Å². The molecule has 0 aromatic heterocycles. The quantitative estimate of drug-likeness (QED) is 0.577. The average molecular weight is 317 g/mol. The normalized spacial score (nSPS) is 20.2. The highest BCUT2D eigenvalue weighted by Gasteiger charge is 2.52. The van der Waals surface area contributed by atoms with Gasteiger partial charge in [-0.2, -0.15) is 0 Å². The molecule has 0 amide bonds. The van der Waals surface area contributed by atoms with Gasteiger partial charge in [0.1, 0.15) is 5.82 Å². The van der Waals surface area contributed by atoms with Gasteiger partial charge in [-0.1, -0.05) is 29.8 Å². The van der Waals surface area contributed by atoms with E-state index in [-0.39, 0.29) is 5.02 Å². The van der Waals surface area contributed by atoms with Crippen molar-refractivity contribution >= 4 is 35.8 Å². The molecule has 2 nitrogen and oxygen atoms in total. The van der Waals surface area contributed by atoms with Crippen molar-refractivity contribution in [1.29, 1.82) is 0 Å². The lowest BCUT2D eigenvalue weighted by molar-refractivity contribution is 0.00578. The summed E-state index contributed by atoms with van der Waals surface area (Å²) in [5.41, 5.74) is -0.0629. The summed E-state index contributed by atoms with van der Waals surface area (Å²) in [6.07, 6.45) is 0. The van der Waals surface area contributed by atoms with E-state index in [1.807, 2.05) is 27.7 Å². The molecular formula is C14H16BCl2FO2. The predicted octanol–water partition coefficient (Wildman–Crippen LogP) is 4.78. The Morgan fingerprint density at radius 1 is 1.10 bits per heavy atom. The highest BCUT2D eigenvalue weighted by Crippen LogP contribution is 2.41. The van der Waals surface area contributed by atoms with E-state index in [4.69, 9.17) is 32.5 Å². The Morgan fingerprint density at radius 2 is 1.60 bits per heavy atom. The molecule has 0 unspecified atom stereocenters.